The van der Waals surface area contributed by atoms with Gasteiger partial charge in [-0.1, -0.05) is 35.9 Å². The van der Waals surface area contributed by atoms with Crippen molar-refractivity contribution in [2.45, 2.75) is 0 Å². The number of hydrogen-bond donors (Lipinski definition) is 0. The van der Waals surface area contributed by atoms with E-state index in [2.05, 4.69) is 17.1 Å². The van der Waals surface area contributed by atoms with Crippen LogP contribution < -0.4 is 0 Å². The summed E-state index contributed by atoms with van der Waals surface area (Å²) in [5, 5.41) is 5.21. The van der Waals surface area contributed by atoms with Gasteiger partial charge in [0.15, 0.2) is 0 Å². The van der Waals surface area contributed by atoms with Gasteiger partial charge in [-0.2, -0.15) is 0 Å². The van der Waals surface area contributed by atoms with E-state index in [0.717, 1.165) is 26.6 Å². The summed E-state index contributed by atoms with van der Waals surface area (Å²) in [6.07, 6.45) is 3.61. The molecule has 0 aliphatic carbocycles. The Morgan fingerprint density at radius 2 is 1.73 bits per heavy atom. The number of pyridine rings is 1. The van der Waals surface area contributed by atoms with Crippen LogP contribution in [0.5, 0.6) is 0 Å². The molecule has 0 saturated carbocycles. The van der Waals surface area contributed by atoms with Crippen LogP contribution in [0.25, 0.3) is 21.5 Å². The van der Waals surface area contributed by atoms with Crippen molar-refractivity contribution in [3.8, 4) is 0 Å². The monoisotopic (exact) mass is 213 g/mol. The minimum atomic E-state index is 0.811. The highest BCUT2D eigenvalue weighted by molar-refractivity contribution is 6.40. The molecule has 1 aromatic heterocycles. The fourth-order valence-corrected chi connectivity index (χ4v) is 2.20. The molecule has 0 aliphatic heterocycles. The molecule has 0 saturated heterocycles. The summed E-state index contributed by atoms with van der Waals surface area (Å²) in [6.45, 7) is 0. The van der Waals surface area contributed by atoms with Gasteiger partial charge in [-0.15, -0.1) is 0 Å². The molecule has 0 amide bonds. The Balaban J connectivity index is 2.60. The summed E-state index contributed by atoms with van der Waals surface area (Å²) in [5.41, 5.74) is 0. The lowest BCUT2D eigenvalue weighted by molar-refractivity contribution is 1.37. The highest BCUT2D eigenvalue weighted by Crippen LogP contribution is 2.31. The van der Waals surface area contributed by atoms with Crippen LogP contribution in [0.2, 0.25) is 5.02 Å². The fourth-order valence-electron chi connectivity index (χ4n) is 1.86. The quantitative estimate of drug-likeness (QED) is 0.514. The summed E-state index contributed by atoms with van der Waals surface area (Å²) >= 11 is 6.35. The van der Waals surface area contributed by atoms with E-state index in [1.54, 1.807) is 6.20 Å². The van der Waals surface area contributed by atoms with E-state index in [0.29, 0.717) is 0 Å². The first-order chi connectivity index (χ1) is 7.36. The molecule has 0 fully saturated rings. The van der Waals surface area contributed by atoms with Gasteiger partial charge in [0.1, 0.15) is 0 Å². The average molecular weight is 214 g/mol. The van der Waals surface area contributed by atoms with E-state index in [1.807, 2.05) is 30.5 Å². The van der Waals surface area contributed by atoms with Crippen LogP contribution >= 0.6 is 11.6 Å². The Labute approximate surface area is 92.3 Å². The number of nitrogens with zero attached hydrogens (tertiary/aromatic N) is 1. The van der Waals surface area contributed by atoms with Crippen molar-refractivity contribution in [3.05, 3.63) is 53.8 Å². The molecule has 2 heteroatoms. The third kappa shape index (κ3) is 1.28. The van der Waals surface area contributed by atoms with Crippen molar-refractivity contribution >= 4 is 33.1 Å². The molecule has 0 bridgehead atoms. The van der Waals surface area contributed by atoms with Crippen molar-refractivity contribution < 1.29 is 0 Å². The second kappa shape index (κ2) is 3.21. The second-order valence-corrected chi connectivity index (χ2v) is 3.89. The minimum absolute atomic E-state index is 0.811. The lowest BCUT2D eigenvalue weighted by atomic mass is 10.1. The van der Waals surface area contributed by atoms with Gasteiger partial charge < -0.3 is 0 Å². The van der Waals surface area contributed by atoms with Gasteiger partial charge >= 0.3 is 0 Å². The first kappa shape index (κ1) is 8.69. The zero-order chi connectivity index (χ0) is 10.3. The molecular weight excluding hydrogens is 206 g/mol. The molecule has 15 heavy (non-hydrogen) atoms. The molecule has 3 rings (SSSR count). The summed E-state index contributed by atoms with van der Waals surface area (Å²) in [7, 11) is 0. The maximum Gasteiger partial charge on any atom is 0.0563 e. The maximum atomic E-state index is 6.35. The Bertz CT molecular complexity index is 592. The molecule has 0 unspecified atom stereocenters. The summed E-state index contributed by atoms with van der Waals surface area (Å²) < 4.78 is 0. The molecule has 2 aromatic carbocycles. The normalized spacial score (nSPS) is 11.0. The molecule has 0 radical (unpaired) electrons. The molecular formula is C13H8ClN. The molecule has 0 aliphatic rings. The summed E-state index contributed by atoms with van der Waals surface area (Å²) in [4.78, 5) is 4.10. The van der Waals surface area contributed by atoms with E-state index in [9.17, 15) is 0 Å². The highest BCUT2D eigenvalue weighted by atomic mass is 35.5. The fraction of sp³-hybridized carbons (Fsp3) is 0. The highest BCUT2D eigenvalue weighted by Gasteiger charge is 2.03. The first-order valence-corrected chi connectivity index (χ1v) is 5.15. The van der Waals surface area contributed by atoms with Gasteiger partial charge in [0.25, 0.3) is 0 Å². The molecule has 0 N–H and O–H groups in total. The Hall–Kier alpha value is -1.60. The topological polar surface area (TPSA) is 12.9 Å². The predicted octanol–water partition coefficient (Wildman–Crippen LogP) is 4.04. The van der Waals surface area contributed by atoms with Crippen molar-refractivity contribution in [2.75, 3.05) is 0 Å². The smallest absolute Gasteiger partial charge is 0.0563 e. The molecule has 0 spiro atoms. The SMILES string of the molecule is Clc1c2ccccc2cc2cnccc12. The average Bonchev–Trinajstić information content (AvgIpc) is 2.30. The maximum absolute atomic E-state index is 6.35. The molecule has 72 valence electrons. The number of hydrogen-bond acceptors (Lipinski definition) is 1. The number of halogens is 1. The van der Waals surface area contributed by atoms with Crippen LogP contribution in [-0.2, 0) is 0 Å². The number of fused-ring (bicyclic) bond motifs is 2. The van der Waals surface area contributed by atoms with Gasteiger partial charge in [-0.05, 0) is 17.5 Å². The van der Waals surface area contributed by atoms with Crippen LogP contribution in [-0.4, -0.2) is 4.98 Å². The zero-order valence-corrected chi connectivity index (χ0v) is 8.70. The zero-order valence-electron chi connectivity index (χ0n) is 7.94. The van der Waals surface area contributed by atoms with E-state index in [4.69, 9.17) is 11.6 Å². The van der Waals surface area contributed by atoms with E-state index >= 15 is 0 Å². The summed E-state index contributed by atoms with van der Waals surface area (Å²) in [5.74, 6) is 0. The van der Waals surface area contributed by atoms with Crippen molar-refractivity contribution in [3.63, 3.8) is 0 Å². The van der Waals surface area contributed by atoms with Gasteiger partial charge in [-0.25, -0.2) is 0 Å². The van der Waals surface area contributed by atoms with Crippen LogP contribution in [0.1, 0.15) is 0 Å². The van der Waals surface area contributed by atoms with Gasteiger partial charge in [0.2, 0.25) is 0 Å². The Morgan fingerprint density at radius 1 is 0.933 bits per heavy atom. The van der Waals surface area contributed by atoms with Crippen molar-refractivity contribution in [1.29, 1.82) is 0 Å². The lowest BCUT2D eigenvalue weighted by Crippen LogP contribution is -1.79. The lowest BCUT2D eigenvalue weighted by Gasteiger charge is -2.04. The van der Waals surface area contributed by atoms with E-state index in [1.165, 1.54) is 0 Å². The Morgan fingerprint density at radius 3 is 2.67 bits per heavy atom. The van der Waals surface area contributed by atoms with Gasteiger partial charge in [0.05, 0.1) is 5.02 Å². The largest absolute Gasteiger partial charge is 0.264 e. The van der Waals surface area contributed by atoms with E-state index in [-0.39, 0.29) is 0 Å². The van der Waals surface area contributed by atoms with Gasteiger partial charge in [0, 0.05) is 28.6 Å². The summed E-state index contributed by atoms with van der Waals surface area (Å²) in [6, 6.07) is 12.2. The first-order valence-electron chi connectivity index (χ1n) is 4.77. The van der Waals surface area contributed by atoms with Gasteiger partial charge in [-0.3, -0.25) is 4.98 Å². The van der Waals surface area contributed by atoms with Crippen LogP contribution in [0.3, 0.4) is 0 Å². The third-order valence-electron chi connectivity index (χ3n) is 2.60. The molecule has 0 atom stereocenters. The van der Waals surface area contributed by atoms with Crippen LogP contribution in [0.4, 0.5) is 0 Å². The Kier molecular flexibility index (Phi) is 1.86. The minimum Gasteiger partial charge on any atom is -0.264 e. The number of benzene rings is 2. The van der Waals surface area contributed by atoms with Crippen LogP contribution in [0.15, 0.2) is 48.8 Å². The number of aromatic nitrogens is 1. The third-order valence-corrected chi connectivity index (χ3v) is 3.00. The second-order valence-electron chi connectivity index (χ2n) is 3.51. The molecule has 3 aromatic rings. The van der Waals surface area contributed by atoms with E-state index < -0.39 is 0 Å². The van der Waals surface area contributed by atoms with Crippen molar-refractivity contribution in [2.24, 2.45) is 0 Å². The molecule has 1 heterocycles. The standard InChI is InChI=1S/C13H8ClN/c14-13-11-4-2-1-3-9(11)7-10-8-15-6-5-12(10)13/h1-8H. The predicted molar refractivity (Wildman–Crippen MR) is 64.3 cm³/mol. The number of rotatable bonds is 0. The van der Waals surface area contributed by atoms with Crippen LogP contribution in [0, 0.1) is 0 Å². The van der Waals surface area contributed by atoms with Crippen molar-refractivity contribution in [1.82, 2.24) is 4.98 Å². The molecule has 1 nitrogen and oxygen atoms in total.